The summed E-state index contributed by atoms with van der Waals surface area (Å²) in [6.45, 7) is 4.54. The Bertz CT molecular complexity index is 103. The van der Waals surface area contributed by atoms with Gasteiger partial charge in [-0.1, -0.05) is 0 Å². The van der Waals surface area contributed by atoms with Crippen molar-refractivity contribution in [1.29, 1.82) is 0 Å². The van der Waals surface area contributed by atoms with Gasteiger partial charge in [0.25, 0.3) is 0 Å². The molecule has 10 heavy (non-hydrogen) atoms. The Hall–Kier alpha value is 0.250. The maximum atomic E-state index is 6.00. The minimum absolute atomic E-state index is 0.350. The maximum absolute atomic E-state index is 6.00. The summed E-state index contributed by atoms with van der Waals surface area (Å²) in [5.41, 5.74) is 0. The first-order chi connectivity index (χ1) is 4.70. The molecule has 0 bridgehead atoms. The Morgan fingerprint density at radius 1 is 1.60 bits per heavy atom. The predicted octanol–water partition coefficient (Wildman–Crippen LogP) is 1.96. The minimum Gasteiger partial charge on any atom is -0.306 e. The maximum Gasteiger partial charge on any atom is 0.0348 e. The van der Waals surface area contributed by atoms with Crippen molar-refractivity contribution in [1.82, 2.24) is 4.90 Å². The smallest absolute Gasteiger partial charge is 0.0348 e. The molecular formula is C8H16ClN. The summed E-state index contributed by atoms with van der Waals surface area (Å²) in [7, 11) is 2.17. The highest BCUT2D eigenvalue weighted by Crippen LogP contribution is 2.21. The van der Waals surface area contributed by atoms with E-state index >= 15 is 0 Å². The Labute approximate surface area is 68.4 Å². The van der Waals surface area contributed by atoms with Crippen LogP contribution in [0.15, 0.2) is 0 Å². The topological polar surface area (TPSA) is 3.24 Å². The molecule has 0 spiro atoms. The third-order valence-electron chi connectivity index (χ3n) is 2.31. The second-order valence-electron chi connectivity index (χ2n) is 3.34. The fraction of sp³-hybridized carbons (Fsp3) is 1.00. The van der Waals surface area contributed by atoms with Crippen LogP contribution in [0, 0.1) is 5.92 Å². The zero-order valence-corrected chi connectivity index (χ0v) is 7.56. The van der Waals surface area contributed by atoms with Gasteiger partial charge >= 0.3 is 0 Å². The number of piperidine rings is 1. The van der Waals surface area contributed by atoms with E-state index in [1.54, 1.807) is 0 Å². The SMILES string of the molecule is CC(Cl)C1CCCN(C)C1. The quantitative estimate of drug-likeness (QED) is 0.532. The van der Waals surface area contributed by atoms with Gasteiger partial charge in [-0.3, -0.25) is 0 Å². The summed E-state index contributed by atoms with van der Waals surface area (Å²) in [6, 6.07) is 0. The van der Waals surface area contributed by atoms with Crippen molar-refractivity contribution in [3.63, 3.8) is 0 Å². The third-order valence-corrected chi connectivity index (χ3v) is 2.67. The first kappa shape index (κ1) is 8.35. The van der Waals surface area contributed by atoms with E-state index in [-0.39, 0.29) is 0 Å². The lowest BCUT2D eigenvalue weighted by atomic mass is 9.96. The second-order valence-corrected chi connectivity index (χ2v) is 4.03. The van der Waals surface area contributed by atoms with Crippen LogP contribution in [-0.4, -0.2) is 30.4 Å². The predicted molar refractivity (Wildman–Crippen MR) is 45.5 cm³/mol. The lowest BCUT2D eigenvalue weighted by Crippen LogP contribution is -2.35. The molecule has 0 saturated carbocycles. The normalized spacial score (nSPS) is 32.1. The highest BCUT2D eigenvalue weighted by Gasteiger charge is 2.20. The van der Waals surface area contributed by atoms with Crippen LogP contribution >= 0.6 is 11.6 Å². The van der Waals surface area contributed by atoms with E-state index in [9.17, 15) is 0 Å². The first-order valence-electron chi connectivity index (χ1n) is 4.03. The highest BCUT2D eigenvalue weighted by atomic mass is 35.5. The molecule has 0 amide bonds. The summed E-state index contributed by atoms with van der Waals surface area (Å²) in [4.78, 5) is 2.37. The van der Waals surface area contributed by atoms with Crippen molar-refractivity contribution >= 4 is 11.6 Å². The van der Waals surface area contributed by atoms with E-state index in [1.807, 2.05) is 0 Å². The molecule has 1 aliphatic heterocycles. The van der Waals surface area contributed by atoms with Gasteiger partial charge in [-0.05, 0) is 39.3 Å². The number of nitrogens with zero attached hydrogens (tertiary/aromatic N) is 1. The van der Waals surface area contributed by atoms with E-state index in [0.717, 1.165) is 5.92 Å². The third kappa shape index (κ3) is 2.14. The van der Waals surface area contributed by atoms with Crippen molar-refractivity contribution in [2.75, 3.05) is 20.1 Å². The standard InChI is InChI=1S/C8H16ClN/c1-7(9)8-4-3-5-10(2)6-8/h7-8H,3-6H2,1-2H3. The average molecular weight is 162 g/mol. The van der Waals surface area contributed by atoms with Crippen LogP contribution in [0.1, 0.15) is 19.8 Å². The number of halogens is 1. The Morgan fingerprint density at radius 2 is 2.30 bits per heavy atom. The van der Waals surface area contributed by atoms with Gasteiger partial charge in [-0.2, -0.15) is 0 Å². The molecule has 2 heteroatoms. The van der Waals surface area contributed by atoms with Crippen molar-refractivity contribution < 1.29 is 0 Å². The molecule has 0 aromatic rings. The molecule has 1 heterocycles. The Balaban J connectivity index is 2.32. The molecule has 1 aliphatic rings. The molecule has 0 N–H and O–H groups in total. The van der Waals surface area contributed by atoms with Crippen molar-refractivity contribution in [3.05, 3.63) is 0 Å². The number of likely N-dealkylation sites (tertiary alicyclic amines) is 1. The van der Waals surface area contributed by atoms with Gasteiger partial charge in [-0.15, -0.1) is 11.6 Å². The largest absolute Gasteiger partial charge is 0.306 e. The van der Waals surface area contributed by atoms with Crippen molar-refractivity contribution in [3.8, 4) is 0 Å². The molecule has 1 rings (SSSR count). The zero-order valence-electron chi connectivity index (χ0n) is 6.81. The lowest BCUT2D eigenvalue weighted by Gasteiger charge is -2.30. The van der Waals surface area contributed by atoms with E-state index in [4.69, 9.17) is 11.6 Å². The fourth-order valence-electron chi connectivity index (χ4n) is 1.58. The Morgan fingerprint density at radius 3 is 2.70 bits per heavy atom. The van der Waals surface area contributed by atoms with Crippen LogP contribution in [0.5, 0.6) is 0 Å². The van der Waals surface area contributed by atoms with Crippen LogP contribution in [0.25, 0.3) is 0 Å². The summed E-state index contributed by atoms with van der Waals surface area (Å²) in [5.74, 6) is 0.723. The van der Waals surface area contributed by atoms with Gasteiger partial charge in [0.2, 0.25) is 0 Å². The summed E-state index contributed by atoms with van der Waals surface area (Å²) in [5, 5.41) is 0.350. The van der Waals surface area contributed by atoms with Gasteiger partial charge in [0, 0.05) is 11.9 Å². The van der Waals surface area contributed by atoms with Crippen molar-refractivity contribution in [2.24, 2.45) is 5.92 Å². The summed E-state index contributed by atoms with van der Waals surface area (Å²) < 4.78 is 0. The Kier molecular flexibility index (Phi) is 2.99. The van der Waals surface area contributed by atoms with E-state index < -0.39 is 0 Å². The number of hydrogen-bond donors (Lipinski definition) is 0. The molecule has 2 unspecified atom stereocenters. The minimum atomic E-state index is 0.350. The molecule has 1 nitrogen and oxygen atoms in total. The van der Waals surface area contributed by atoms with Crippen LogP contribution in [0.2, 0.25) is 0 Å². The fourth-order valence-corrected chi connectivity index (χ4v) is 1.79. The molecule has 1 saturated heterocycles. The lowest BCUT2D eigenvalue weighted by molar-refractivity contribution is 0.208. The molecule has 0 aliphatic carbocycles. The zero-order chi connectivity index (χ0) is 7.56. The molecule has 0 aromatic heterocycles. The van der Waals surface area contributed by atoms with E-state index in [1.165, 1.54) is 25.9 Å². The molecule has 0 radical (unpaired) electrons. The number of rotatable bonds is 1. The van der Waals surface area contributed by atoms with E-state index in [0.29, 0.717) is 5.38 Å². The van der Waals surface area contributed by atoms with Gasteiger partial charge in [0.05, 0.1) is 0 Å². The van der Waals surface area contributed by atoms with Crippen LogP contribution in [0.3, 0.4) is 0 Å². The van der Waals surface area contributed by atoms with E-state index in [2.05, 4.69) is 18.9 Å². The van der Waals surface area contributed by atoms with Crippen LogP contribution in [-0.2, 0) is 0 Å². The van der Waals surface area contributed by atoms with Gasteiger partial charge in [0.1, 0.15) is 0 Å². The average Bonchev–Trinajstić information content (AvgIpc) is 1.88. The monoisotopic (exact) mass is 161 g/mol. The highest BCUT2D eigenvalue weighted by molar-refractivity contribution is 6.20. The van der Waals surface area contributed by atoms with Gasteiger partial charge < -0.3 is 4.90 Å². The first-order valence-corrected chi connectivity index (χ1v) is 4.46. The number of alkyl halides is 1. The van der Waals surface area contributed by atoms with Crippen LogP contribution < -0.4 is 0 Å². The van der Waals surface area contributed by atoms with Crippen molar-refractivity contribution in [2.45, 2.75) is 25.1 Å². The second kappa shape index (κ2) is 3.59. The molecular weight excluding hydrogens is 146 g/mol. The summed E-state index contributed by atoms with van der Waals surface area (Å²) >= 11 is 6.00. The summed E-state index contributed by atoms with van der Waals surface area (Å²) in [6.07, 6.45) is 2.63. The van der Waals surface area contributed by atoms with Crippen LogP contribution in [0.4, 0.5) is 0 Å². The molecule has 2 atom stereocenters. The molecule has 0 aromatic carbocycles. The van der Waals surface area contributed by atoms with Gasteiger partial charge in [-0.25, -0.2) is 0 Å². The molecule has 60 valence electrons. The molecule has 1 fully saturated rings. The van der Waals surface area contributed by atoms with Gasteiger partial charge in [0.15, 0.2) is 0 Å². The number of hydrogen-bond acceptors (Lipinski definition) is 1.